The minimum absolute atomic E-state index is 0.782. The summed E-state index contributed by atoms with van der Waals surface area (Å²) in [6, 6.07) is 0. The van der Waals surface area contributed by atoms with Crippen LogP contribution >= 0.6 is 53.0 Å². The summed E-state index contributed by atoms with van der Waals surface area (Å²) < 4.78 is 0.782. The lowest BCUT2D eigenvalue weighted by Crippen LogP contribution is -2.02. The molecule has 0 saturated carbocycles. The molecule has 0 radical (unpaired) electrons. The average molecular weight is 230 g/mol. The molecule has 1 unspecified atom stereocenters. The topological polar surface area (TPSA) is 0 Å². The zero-order chi connectivity index (χ0) is 7.40. The molecule has 1 fully saturated rings. The fourth-order valence-corrected chi connectivity index (χ4v) is 11.0. The minimum atomic E-state index is 0.782. The molecule has 1 heterocycles. The lowest BCUT2D eigenvalue weighted by atomic mass is 10.3. The van der Waals surface area contributed by atoms with Gasteiger partial charge in [-0.25, -0.2) is 0 Å². The van der Waals surface area contributed by atoms with E-state index in [4.69, 9.17) is 0 Å². The predicted octanol–water partition coefficient (Wildman–Crippen LogP) is 4.35. The third kappa shape index (κ3) is 3.43. The van der Waals surface area contributed by atoms with Gasteiger partial charge < -0.3 is 0 Å². The third-order valence-corrected chi connectivity index (χ3v) is 10.3. The van der Waals surface area contributed by atoms with Crippen molar-refractivity contribution in [2.75, 3.05) is 5.08 Å². The van der Waals surface area contributed by atoms with Gasteiger partial charge in [0.05, 0.1) is 9.67 Å². The summed E-state index contributed by atoms with van der Waals surface area (Å²) in [6.07, 6.45) is 0. The Balaban J connectivity index is 2.28. The molecular weight excluding hydrogens is 220 g/mol. The number of hydrogen-bond donors (Lipinski definition) is 0. The Morgan fingerprint density at radius 1 is 1.20 bits per heavy atom. The maximum absolute atomic E-state index is 2.29. The first-order valence-corrected chi connectivity index (χ1v) is 9.13. The van der Waals surface area contributed by atoms with Crippen LogP contribution in [0.5, 0.6) is 0 Å². The van der Waals surface area contributed by atoms with Gasteiger partial charge in [0.2, 0.25) is 0 Å². The van der Waals surface area contributed by atoms with Crippen LogP contribution in [0.1, 0.15) is 13.8 Å². The van der Waals surface area contributed by atoms with Crippen molar-refractivity contribution in [3.63, 3.8) is 0 Å². The van der Waals surface area contributed by atoms with Crippen molar-refractivity contribution in [3.8, 4) is 0 Å². The molecule has 0 nitrogen and oxygen atoms in total. The predicted molar refractivity (Wildman–Crippen MR) is 61.4 cm³/mol. The zero-order valence-corrected chi connectivity index (χ0v) is 9.99. The van der Waals surface area contributed by atoms with Gasteiger partial charge in [-0.05, 0) is 15.7 Å². The zero-order valence-electron chi connectivity index (χ0n) is 5.90. The molecule has 10 heavy (non-hydrogen) atoms. The molecule has 0 aliphatic carbocycles. The van der Waals surface area contributed by atoms with Crippen LogP contribution in [0.2, 0.25) is 0 Å². The molecule has 0 aromatic heterocycles. The van der Waals surface area contributed by atoms with Gasteiger partial charge in [0, 0.05) is 0 Å². The minimum Gasteiger partial charge on any atom is -0.0811 e. The molecule has 60 valence electrons. The van der Waals surface area contributed by atoms with Gasteiger partial charge in [0.25, 0.3) is 0 Å². The van der Waals surface area contributed by atoms with Crippen molar-refractivity contribution in [1.29, 1.82) is 0 Å². The number of rotatable bonds is 1. The lowest BCUT2D eigenvalue weighted by molar-refractivity contribution is 0.725. The summed E-state index contributed by atoms with van der Waals surface area (Å²) in [6.45, 7) is 4.59. The molecule has 0 aromatic carbocycles. The molecule has 5 heteroatoms. The molecule has 1 aliphatic rings. The van der Waals surface area contributed by atoms with Crippen LogP contribution in [0.25, 0.3) is 0 Å². The van der Waals surface area contributed by atoms with E-state index in [0.29, 0.717) is 0 Å². The maximum Gasteiger partial charge on any atom is 0.0740 e. The monoisotopic (exact) mass is 230 g/mol. The smallest absolute Gasteiger partial charge is 0.0740 e. The Morgan fingerprint density at radius 2 is 2.00 bits per heavy atom. The molecule has 1 aliphatic heterocycles. The van der Waals surface area contributed by atoms with Crippen LogP contribution in [0.3, 0.4) is 0 Å². The van der Waals surface area contributed by atoms with E-state index < -0.39 is 0 Å². The summed E-state index contributed by atoms with van der Waals surface area (Å²) in [5.41, 5.74) is 0. The van der Waals surface area contributed by atoms with E-state index in [1.54, 1.807) is 0 Å². The van der Waals surface area contributed by atoms with E-state index in [0.717, 1.165) is 10.5 Å². The highest BCUT2D eigenvalue weighted by molar-refractivity contribution is 9.13. The molecule has 0 aromatic rings. The van der Waals surface area contributed by atoms with E-state index in [1.165, 1.54) is 5.08 Å². The second kappa shape index (κ2) is 5.41. The van der Waals surface area contributed by atoms with E-state index in [-0.39, 0.29) is 0 Å². The molecule has 1 atom stereocenters. The Labute approximate surface area is 82.0 Å². The Kier molecular flexibility index (Phi) is 5.32. The standard InChI is InChI=1S/C5H10S5/c1-4(2)5-8-6-3-7-10-9-5/h4-5H,3H2,1-2H3. The first-order valence-electron chi connectivity index (χ1n) is 3.04. The van der Waals surface area contributed by atoms with Gasteiger partial charge in [-0.2, -0.15) is 0 Å². The fourth-order valence-electron chi connectivity index (χ4n) is 0.439. The largest absolute Gasteiger partial charge is 0.0811 e. The quantitative estimate of drug-likeness (QED) is 0.612. The Bertz CT molecular complexity index is 86.0. The molecule has 0 spiro atoms. The van der Waals surface area contributed by atoms with E-state index >= 15 is 0 Å². The highest BCUT2D eigenvalue weighted by atomic mass is 33.5. The molecule has 1 saturated heterocycles. The van der Waals surface area contributed by atoms with Crippen LogP contribution in [-0.2, 0) is 0 Å². The van der Waals surface area contributed by atoms with Crippen LogP contribution in [0.4, 0.5) is 0 Å². The summed E-state index contributed by atoms with van der Waals surface area (Å²) in [7, 11) is 9.94. The summed E-state index contributed by atoms with van der Waals surface area (Å²) >= 11 is 0. The number of hydrogen-bond acceptors (Lipinski definition) is 5. The van der Waals surface area contributed by atoms with Gasteiger partial charge in [0.15, 0.2) is 0 Å². The molecule has 1 rings (SSSR count). The first kappa shape index (κ1) is 9.84. The fraction of sp³-hybridized carbons (Fsp3) is 1.00. The van der Waals surface area contributed by atoms with Crippen molar-refractivity contribution >= 4 is 53.0 Å². The van der Waals surface area contributed by atoms with E-state index in [2.05, 4.69) is 13.8 Å². The van der Waals surface area contributed by atoms with Crippen molar-refractivity contribution < 1.29 is 0 Å². The third-order valence-electron chi connectivity index (χ3n) is 0.986. The van der Waals surface area contributed by atoms with Crippen LogP contribution in [0, 0.1) is 5.92 Å². The molecule has 0 amide bonds. The van der Waals surface area contributed by atoms with Crippen molar-refractivity contribution in [3.05, 3.63) is 0 Å². The van der Waals surface area contributed by atoms with E-state index in [1.807, 2.05) is 53.0 Å². The molecule has 0 N–H and O–H groups in total. The van der Waals surface area contributed by atoms with Gasteiger partial charge in [-0.3, -0.25) is 0 Å². The average Bonchev–Trinajstić information content (AvgIpc) is 2.12. The lowest BCUT2D eigenvalue weighted by Gasteiger charge is -2.13. The van der Waals surface area contributed by atoms with Crippen LogP contribution in [0.15, 0.2) is 0 Å². The summed E-state index contributed by atoms with van der Waals surface area (Å²) in [5, 5.41) is 1.23. The van der Waals surface area contributed by atoms with Crippen LogP contribution < -0.4 is 0 Å². The van der Waals surface area contributed by atoms with Gasteiger partial charge >= 0.3 is 0 Å². The summed E-state index contributed by atoms with van der Waals surface area (Å²) in [4.78, 5) is 0. The highest BCUT2D eigenvalue weighted by Gasteiger charge is 2.17. The van der Waals surface area contributed by atoms with Crippen LogP contribution in [-0.4, -0.2) is 9.67 Å². The second-order valence-electron chi connectivity index (χ2n) is 2.23. The van der Waals surface area contributed by atoms with Gasteiger partial charge in [-0.15, -0.1) is 0 Å². The normalized spacial score (nSPS) is 28.5. The molecular formula is C5H10S5. The first-order chi connectivity index (χ1) is 4.80. The SMILES string of the molecule is CC(C)C1SSCSSS1. The molecule has 0 bridgehead atoms. The van der Waals surface area contributed by atoms with Gasteiger partial charge in [0.1, 0.15) is 0 Å². The van der Waals surface area contributed by atoms with Crippen molar-refractivity contribution in [1.82, 2.24) is 0 Å². The Morgan fingerprint density at radius 3 is 2.70 bits per heavy atom. The van der Waals surface area contributed by atoms with Gasteiger partial charge in [-0.1, -0.05) is 57.0 Å². The van der Waals surface area contributed by atoms with Crippen molar-refractivity contribution in [2.45, 2.75) is 18.4 Å². The summed E-state index contributed by atoms with van der Waals surface area (Å²) in [5.74, 6) is 0.800. The second-order valence-corrected chi connectivity index (χ2v) is 9.68. The van der Waals surface area contributed by atoms with E-state index in [9.17, 15) is 0 Å². The maximum atomic E-state index is 2.29. The van der Waals surface area contributed by atoms with Crippen molar-refractivity contribution in [2.24, 2.45) is 5.92 Å². The Hall–Kier alpha value is 1.75. The highest BCUT2D eigenvalue weighted by Crippen LogP contribution is 2.53.